The number of nitrogens with zero attached hydrogens (tertiary/aromatic N) is 1. The van der Waals surface area contributed by atoms with Crippen LogP contribution in [0.3, 0.4) is 0 Å². The van der Waals surface area contributed by atoms with Crippen LogP contribution in [-0.2, 0) is 6.54 Å². The second kappa shape index (κ2) is 6.15. The molecule has 0 spiro atoms. The molecule has 0 aliphatic heterocycles. The molecule has 3 N–H and O–H groups in total. The van der Waals surface area contributed by atoms with Crippen LogP contribution >= 0.6 is 0 Å². The quantitative estimate of drug-likeness (QED) is 0.666. The number of nitro benzene ring substituents is 1. The molecule has 0 saturated carbocycles. The van der Waals surface area contributed by atoms with Crippen molar-refractivity contribution >= 4 is 17.3 Å². The molecule has 0 saturated heterocycles. The Hall–Kier alpha value is -2.73. The Bertz CT molecular complexity index is 681. The van der Waals surface area contributed by atoms with Crippen LogP contribution in [0.1, 0.15) is 21.5 Å². The zero-order valence-electron chi connectivity index (χ0n) is 11.5. The fourth-order valence-corrected chi connectivity index (χ4v) is 1.89. The Morgan fingerprint density at radius 1 is 1.24 bits per heavy atom. The van der Waals surface area contributed by atoms with E-state index in [4.69, 9.17) is 5.73 Å². The molecule has 108 valence electrons. The molecule has 21 heavy (non-hydrogen) atoms. The van der Waals surface area contributed by atoms with Gasteiger partial charge in [-0.3, -0.25) is 14.9 Å². The number of hydrogen-bond donors (Lipinski definition) is 2. The van der Waals surface area contributed by atoms with Crippen molar-refractivity contribution in [2.75, 3.05) is 5.32 Å². The van der Waals surface area contributed by atoms with E-state index in [1.54, 1.807) is 37.3 Å². The van der Waals surface area contributed by atoms with Gasteiger partial charge in [-0.05, 0) is 36.2 Å². The van der Waals surface area contributed by atoms with Crippen LogP contribution in [0.5, 0.6) is 0 Å². The highest BCUT2D eigenvalue weighted by molar-refractivity contribution is 6.05. The SMILES string of the molecule is Cc1ccc(NC(=O)c2ccc(CN)cc2)c([N+](=O)[O-])c1. The normalized spacial score (nSPS) is 10.2. The van der Waals surface area contributed by atoms with Crippen molar-refractivity contribution < 1.29 is 9.72 Å². The lowest BCUT2D eigenvalue weighted by Crippen LogP contribution is -2.13. The Balaban J connectivity index is 2.24. The summed E-state index contributed by atoms with van der Waals surface area (Å²) in [7, 11) is 0. The van der Waals surface area contributed by atoms with E-state index in [9.17, 15) is 14.9 Å². The van der Waals surface area contributed by atoms with E-state index in [1.165, 1.54) is 12.1 Å². The fourth-order valence-electron chi connectivity index (χ4n) is 1.89. The average Bonchev–Trinajstić information content (AvgIpc) is 2.49. The molecule has 2 aromatic rings. The van der Waals surface area contributed by atoms with Crippen LogP contribution in [0, 0.1) is 17.0 Å². The van der Waals surface area contributed by atoms with Crippen LogP contribution < -0.4 is 11.1 Å². The maximum atomic E-state index is 12.1. The second-order valence-corrected chi connectivity index (χ2v) is 4.63. The molecule has 6 nitrogen and oxygen atoms in total. The summed E-state index contributed by atoms with van der Waals surface area (Å²) in [6, 6.07) is 11.4. The minimum Gasteiger partial charge on any atom is -0.326 e. The lowest BCUT2D eigenvalue weighted by atomic mass is 10.1. The minimum absolute atomic E-state index is 0.123. The van der Waals surface area contributed by atoms with Crippen molar-refractivity contribution in [2.24, 2.45) is 5.73 Å². The van der Waals surface area contributed by atoms with Crippen molar-refractivity contribution in [1.29, 1.82) is 0 Å². The van der Waals surface area contributed by atoms with E-state index in [2.05, 4.69) is 5.32 Å². The number of aryl methyl sites for hydroxylation is 1. The van der Waals surface area contributed by atoms with Gasteiger partial charge >= 0.3 is 0 Å². The summed E-state index contributed by atoms with van der Waals surface area (Å²) in [6.07, 6.45) is 0. The molecular formula is C15H15N3O3. The molecule has 0 unspecified atom stereocenters. The van der Waals surface area contributed by atoms with Crippen molar-refractivity contribution in [3.05, 3.63) is 69.3 Å². The number of nitro groups is 1. The molecule has 6 heteroatoms. The van der Waals surface area contributed by atoms with Crippen LogP contribution in [0.2, 0.25) is 0 Å². The standard InChI is InChI=1S/C15H15N3O3/c1-10-2-7-13(14(8-10)18(20)21)17-15(19)12-5-3-11(9-16)4-6-12/h2-8H,9,16H2,1H3,(H,17,19). The third kappa shape index (κ3) is 3.43. The van der Waals surface area contributed by atoms with Gasteiger partial charge in [-0.1, -0.05) is 18.2 Å². The third-order valence-corrected chi connectivity index (χ3v) is 3.05. The van der Waals surface area contributed by atoms with Gasteiger partial charge in [0.25, 0.3) is 11.6 Å². The first-order valence-corrected chi connectivity index (χ1v) is 6.36. The third-order valence-electron chi connectivity index (χ3n) is 3.05. The van der Waals surface area contributed by atoms with Gasteiger partial charge < -0.3 is 11.1 Å². The highest BCUT2D eigenvalue weighted by atomic mass is 16.6. The molecule has 2 aromatic carbocycles. The van der Waals surface area contributed by atoms with Crippen LogP contribution in [0.25, 0.3) is 0 Å². The number of anilines is 1. The number of amides is 1. The van der Waals surface area contributed by atoms with Gasteiger partial charge in [0.1, 0.15) is 5.69 Å². The first-order chi connectivity index (χ1) is 10.0. The molecule has 0 fully saturated rings. The maximum Gasteiger partial charge on any atom is 0.293 e. The first-order valence-electron chi connectivity index (χ1n) is 6.36. The summed E-state index contributed by atoms with van der Waals surface area (Å²) in [5, 5.41) is 13.6. The van der Waals surface area contributed by atoms with E-state index in [1.807, 2.05) is 0 Å². The molecule has 0 atom stereocenters. The molecule has 0 bridgehead atoms. The molecule has 1 amide bonds. The zero-order chi connectivity index (χ0) is 15.4. The maximum absolute atomic E-state index is 12.1. The molecule has 0 radical (unpaired) electrons. The van der Waals surface area contributed by atoms with E-state index in [0.29, 0.717) is 12.1 Å². The second-order valence-electron chi connectivity index (χ2n) is 4.63. The number of carbonyl (C=O) groups excluding carboxylic acids is 1. The summed E-state index contributed by atoms with van der Waals surface area (Å²) < 4.78 is 0. The van der Waals surface area contributed by atoms with Gasteiger partial charge in [0, 0.05) is 18.2 Å². The summed E-state index contributed by atoms with van der Waals surface area (Å²) in [5.41, 5.74) is 7.63. The lowest BCUT2D eigenvalue weighted by Gasteiger charge is -2.07. The van der Waals surface area contributed by atoms with E-state index < -0.39 is 10.8 Å². The number of nitrogens with two attached hydrogens (primary N) is 1. The summed E-state index contributed by atoms with van der Waals surface area (Å²) in [5.74, 6) is -0.398. The zero-order valence-corrected chi connectivity index (χ0v) is 11.5. The fraction of sp³-hybridized carbons (Fsp3) is 0.133. The number of hydrogen-bond acceptors (Lipinski definition) is 4. The Morgan fingerprint density at radius 3 is 2.48 bits per heavy atom. The monoisotopic (exact) mass is 285 g/mol. The number of benzene rings is 2. The lowest BCUT2D eigenvalue weighted by molar-refractivity contribution is -0.384. The van der Waals surface area contributed by atoms with Gasteiger partial charge in [-0.2, -0.15) is 0 Å². The van der Waals surface area contributed by atoms with Gasteiger partial charge in [0.2, 0.25) is 0 Å². The van der Waals surface area contributed by atoms with Crippen molar-refractivity contribution in [2.45, 2.75) is 13.5 Å². The Morgan fingerprint density at radius 2 is 1.90 bits per heavy atom. The highest BCUT2D eigenvalue weighted by Gasteiger charge is 2.16. The summed E-state index contributed by atoms with van der Waals surface area (Å²) in [6.45, 7) is 2.15. The predicted octanol–water partition coefficient (Wildman–Crippen LogP) is 2.61. The molecule has 2 rings (SSSR count). The highest BCUT2D eigenvalue weighted by Crippen LogP contribution is 2.25. The Kier molecular flexibility index (Phi) is 4.30. The van der Waals surface area contributed by atoms with E-state index >= 15 is 0 Å². The molecular weight excluding hydrogens is 270 g/mol. The molecule has 0 aliphatic carbocycles. The number of rotatable bonds is 4. The minimum atomic E-state index is -0.514. The molecule has 0 aromatic heterocycles. The smallest absolute Gasteiger partial charge is 0.293 e. The first kappa shape index (κ1) is 14.7. The van der Waals surface area contributed by atoms with Crippen molar-refractivity contribution in [1.82, 2.24) is 0 Å². The molecule has 0 heterocycles. The number of nitrogens with one attached hydrogen (secondary N) is 1. The summed E-state index contributed by atoms with van der Waals surface area (Å²) in [4.78, 5) is 22.6. The van der Waals surface area contributed by atoms with Gasteiger partial charge in [-0.25, -0.2) is 0 Å². The molecule has 0 aliphatic rings. The van der Waals surface area contributed by atoms with Gasteiger partial charge in [0.05, 0.1) is 4.92 Å². The van der Waals surface area contributed by atoms with Crippen LogP contribution in [0.15, 0.2) is 42.5 Å². The largest absolute Gasteiger partial charge is 0.326 e. The van der Waals surface area contributed by atoms with Crippen LogP contribution in [0.4, 0.5) is 11.4 Å². The van der Waals surface area contributed by atoms with Crippen LogP contribution in [-0.4, -0.2) is 10.8 Å². The average molecular weight is 285 g/mol. The summed E-state index contributed by atoms with van der Waals surface area (Å²) >= 11 is 0. The van der Waals surface area contributed by atoms with E-state index in [-0.39, 0.29) is 11.4 Å². The van der Waals surface area contributed by atoms with E-state index in [0.717, 1.165) is 11.1 Å². The van der Waals surface area contributed by atoms with Crippen molar-refractivity contribution in [3.63, 3.8) is 0 Å². The number of carbonyl (C=O) groups is 1. The van der Waals surface area contributed by atoms with Gasteiger partial charge in [0.15, 0.2) is 0 Å². The van der Waals surface area contributed by atoms with Gasteiger partial charge in [-0.15, -0.1) is 0 Å². The topological polar surface area (TPSA) is 98.3 Å². The predicted molar refractivity (Wildman–Crippen MR) is 80.1 cm³/mol. The Labute approximate surface area is 121 Å². The van der Waals surface area contributed by atoms with Crippen molar-refractivity contribution in [3.8, 4) is 0 Å².